The molecule has 0 aromatic carbocycles. The van der Waals surface area contributed by atoms with E-state index in [0.29, 0.717) is 11.3 Å². The fourth-order valence-electron chi connectivity index (χ4n) is 2.67. The highest BCUT2D eigenvalue weighted by molar-refractivity contribution is 6.08. The van der Waals surface area contributed by atoms with Crippen LogP contribution >= 0.6 is 0 Å². The summed E-state index contributed by atoms with van der Waals surface area (Å²) in [5.41, 5.74) is 13.8. The minimum atomic E-state index is 0.162. The summed E-state index contributed by atoms with van der Waals surface area (Å²) in [6, 6.07) is 4.26. The zero-order valence-corrected chi connectivity index (χ0v) is 12.2. The SMILES string of the molecule is C=Cc1ccc(NC2CCCCC2N)nc1/C(C=N)=C/N. The molecule has 0 saturated heterocycles. The Morgan fingerprint density at radius 1 is 1.38 bits per heavy atom. The predicted octanol–water partition coefficient (Wildman–Crippen LogP) is 2.36. The molecular formula is C16H23N5. The van der Waals surface area contributed by atoms with Crippen LogP contribution in [0.5, 0.6) is 0 Å². The zero-order valence-electron chi connectivity index (χ0n) is 12.2. The Morgan fingerprint density at radius 2 is 2.14 bits per heavy atom. The summed E-state index contributed by atoms with van der Waals surface area (Å²) in [4.78, 5) is 4.58. The van der Waals surface area contributed by atoms with Crippen LogP contribution in [-0.4, -0.2) is 23.3 Å². The molecule has 21 heavy (non-hydrogen) atoms. The van der Waals surface area contributed by atoms with Crippen LogP contribution in [-0.2, 0) is 0 Å². The fourth-order valence-corrected chi connectivity index (χ4v) is 2.67. The summed E-state index contributed by atoms with van der Waals surface area (Å²) >= 11 is 0. The van der Waals surface area contributed by atoms with Gasteiger partial charge in [-0.1, -0.05) is 25.5 Å². The van der Waals surface area contributed by atoms with Crippen LogP contribution in [0.2, 0.25) is 0 Å². The molecule has 2 unspecified atom stereocenters. The van der Waals surface area contributed by atoms with Crippen LogP contribution in [0.4, 0.5) is 5.82 Å². The summed E-state index contributed by atoms with van der Waals surface area (Å²) in [6.07, 6.45) is 8.79. The first-order chi connectivity index (χ1) is 10.2. The van der Waals surface area contributed by atoms with E-state index in [1.807, 2.05) is 12.1 Å². The van der Waals surface area contributed by atoms with Crippen molar-refractivity contribution >= 4 is 23.7 Å². The van der Waals surface area contributed by atoms with Crippen molar-refractivity contribution < 1.29 is 0 Å². The van der Waals surface area contributed by atoms with E-state index in [1.165, 1.54) is 25.3 Å². The largest absolute Gasteiger partial charge is 0.404 e. The topological polar surface area (TPSA) is 101 Å². The van der Waals surface area contributed by atoms with Gasteiger partial charge in [-0.3, -0.25) is 0 Å². The molecule has 5 heteroatoms. The van der Waals surface area contributed by atoms with E-state index in [9.17, 15) is 0 Å². The van der Waals surface area contributed by atoms with Gasteiger partial charge in [0.1, 0.15) is 5.82 Å². The Morgan fingerprint density at radius 3 is 2.76 bits per heavy atom. The molecule has 1 aliphatic rings. The lowest BCUT2D eigenvalue weighted by Gasteiger charge is -2.29. The van der Waals surface area contributed by atoms with Crippen molar-refractivity contribution in [2.45, 2.75) is 37.8 Å². The molecule has 1 heterocycles. The van der Waals surface area contributed by atoms with Crippen LogP contribution in [0.1, 0.15) is 36.9 Å². The lowest BCUT2D eigenvalue weighted by molar-refractivity contribution is 0.403. The molecule has 0 radical (unpaired) electrons. The van der Waals surface area contributed by atoms with Gasteiger partial charge < -0.3 is 22.2 Å². The third-order valence-electron chi connectivity index (χ3n) is 3.91. The number of allylic oxidation sites excluding steroid dienone is 1. The normalized spacial score (nSPS) is 22.6. The minimum Gasteiger partial charge on any atom is -0.404 e. The van der Waals surface area contributed by atoms with Crippen molar-refractivity contribution in [2.24, 2.45) is 11.5 Å². The van der Waals surface area contributed by atoms with Crippen LogP contribution in [0, 0.1) is 5.41 Å². The number of aromatic nitrogens is 1. The average molecular weight is 285 g/mol. The monoisotopic (exact) mass is 285 g/mol. The second kappa shape index (κ2) is 7.04. The first kappa shape index (κ1) is 15.3. The Kier molecular flexibility index (Phi) is 5.11. The quantitative estimate of drug-likeness (QED) is 0.624. The van der Waals surface area contributed by atoms with Gasteiger partial charge in [0.05, 0.1) is 5.69 Å². The lowest BCUT2D eigenvalue weighted by atomic mass is 9.91. The molecule has 1 aromatic heterocycles. The smallest absolute Gasteiger partial charge is 0.126 e. The van der Waals surface area contributed by atoms with Crippen LogP contribution in [0.25, 0.3) is 11.6 Å². The van der Waals surface area contributed by atoms with E-state index in [1.54, 1.807) is 6.08 Å². The summed E-state index contributed by atoms with van der Waals surface area (Å²) in [5.74, 6) is 0.763. The van der Waals surface area contributed by atoms with Gasteiger partial charge in [-0.05, 0) is 25.0 Å². The maximum absolute atomic E-state index is 7.44. The van der Waals surface area contributed by atoms with Gasteiger partial charge in [0.25, 0.3) is 0 Å². The van der Waals surface area contributed by atoms with E-state index >= 15 is 0 Å². The molecule has 1 aromatic rings. The number of pyridine rings is 1. The molecule has 5 nitrogen and oxygen atoms in total. The summed E-state index contributed by atoms with van der Waals surface area (Å²) in [5, 5.41) is 10.8. The molecule has 1 saturated carbocycles. The number of hydrogen-bond acceptors (Lipinski definition) is 5. The maximum Gasteiger partial charge on any atom is 0.126 e. The van der Waals surface area contributed by atoms with Crippen molar-refractivity contribution in [3.63, 3.8) is 0 Å². The summed E-state index contributed by atoms with van der Waals surface area (Å²) < 4.78 is 0. The molecule has 1 fully saturated rings. The molecule has 0 bridgehead atoms. The van der Waals surface area contributed by atoms with Crippen molar-refractivity contribution in [1.82, 2.24) is 4.98 Å². The predicted molar refractivity (Wildman–Crippen MR) is 89.1 cm³/mol. The highest BCUT2D eigenvalue weighted by Gasteiger charge is 2.22. The number of nitrogens with zero attached hydrogens (tertiary/aromatic N) is 1. The molecule has 0 spiro atoms. The van der Waals surface area contributed by atoms with Crippen molar-refractivity contribution in [3.8, 4) is 0 Å². The molecule has 112 valence electrons. The van der Waals surface area contributed by atoms with Crippen molar-refractivity contribution in [2.75, 3.05) is 5.32 Å². The first-order valence-corrected chi connectivity index (χ1v) is 7.28. The van der Waals surface area contributed by atoms with Crippen LogP contribution in [0.15, 0.2) is 24.9 Å². The molecule has 2 atom stereocenters. The zero-order chi connectivity index (χ0) is 15.2. The number of nitrogens with one attached hydrogen (secondary N) is 2. The first-order valence-electron chi connectivity index (χ1n) is 7.28. The van der Waals surface area contributed by atoms with Crippen LogP contribution < -0.4 is 16.8 Å². The maximum atomic E-state index is 7.44. The number of rotatable bonds is 5. The molecule has 2 rings (SSSR count). The van der Waals surface area contributed by atoms with Crippen molar-refractivity contribution in [1.29, 1.82) is 5.41 Å². The molecule has 0 amide bonds. The van der Waals surface area contributed by atoms with Gasteiger partial charge in [0.2, 0.25) is 0 Å². The third-order valence-corrected chi connectivity index (χ3v) is 3.91. The van der Waals surface area contributed by atoms with Gasteiger partial charge in [0.15, 0.2) is 0 Å². The molecular weight excluding hydrogens is 262 g/mol. The Labute approximate surface area is 125 Å². The van der Waals surface area contributed by atoms with E-state index in [2.05, 4.69) is 16.9 Å². The molecule has 0 aliphatic heterocycles. The highest BCUT2D eigenvalue weighted by Crippen LogP contribution is 2.23. The Hall–Kier alpha value is -2.14. The molecule has 1 aliphatic carbocycles. The van der Waals surface area contributed by atoms with E-state index in [0.717, 1.165) is 24.2 Å². The van der Waals surface area contributed by atoms with E-state index in [-0.39, 0.29) is 12.1 Å². The minimum absolute atomic E-state index is 0.162. The fraction of sp³-hybridized carbons (Fsp3) is 0.375. The van der Waals surface area contributed by atoms with Gasteiger partial charge in [-0.2, -0.15) is 0 Å². The Balaban J connectivity index is 2.27. The van der Waals surface area contributed by atoms with Gasteiger partial charge in [-0.15, -0.1) is 0 Å². The van der Waals surface area contributed by atoms with E-state index in [4.69, 9.17) is 16.9 Å². The average Bonchev–Trinajstić information content (AvgIpc) is 2.51. The summed E-state index contributed by atoms with van der Waals surface area (Å²) in [7, 11) is 0. The second-order valence-electron chi connectivity index (χ2n) is 5.30. The van der Waals surface area contributed by atoms with E-state index < -0.39 is 0 Å². The van der Waals surface area contributed by atoms with Gasteiger partial charge in [0, 0.05) is 35.6 Å². The standard InChI is InChI=1S/C16H23N5/c1-2-11-7-8-15(21-16(11)12(9-17)10-18)20-14-6-4-3-5-13(14)19/h2,7-10,13-14,17H,1,3-6,18-19H2,(H,20,21)/b12-10+,17-9?. The highest BCUT2D eigenvalue weighted by atomic mass is 15.0. The lowest BCUT2D eigenvalue weighted by Crippen LogP contribution is -2.42. The number of anilines is 1. The molecule has 6 N–H and O–H groups in total. The van der Waals surface area contributed by atoms with Crippen LogP contribution in [0.3, 0.4) is 0 Å². The van der Waals surface area contributed by atoms with Gasteiger partial charge >= 0.3 is 0 Å². The third kappa shape index (κ3) is 3.49. The van der Waals surface area contributed by atoms with Gasteiger partial charge in [-0.25, -0.2) is 4.98 Å². The summed E-state index contributed by atoms with van der Waals surface area (Å²) in [6.45, 7) is 3.78. The van der Waals surface area contributed by atoms with Crippen molar-refractivity contribution in [3.05, 3.63) is 36.2 Å². The number of hydrogen-bond donors (Lipinski definition) is 4. The Bertz CT molecular complexity index is 550. The number of nitrogens with two attached hydrogens (primary N) is 2. The second-order valence-corrected chi connectivity index (χ2v) is 5.30.